The third-order valence-corrected chi connectivity index (χ3v) is 4.76. The molecule has 0 fully saturated rings. The number of alkyl halides is 3. The molecule has 0 aliphatic carbocycles. The van der Waals surface area contributed by atoms with Gasteiger partial charge in [-0.05, 0) is 48.5 Å². The second-order valence-electron chi connectivity index (χ2n) is 6.08. The lowest BCUT2D eigenvalue weighted by molar-refractivity contribution is -0.274. The van der Waals surface area contributed by atoms with Gasteiger partial charge in [0.15, 0.2) is 9.84 Å². The summed E-state index contributed by atoms with van der Waals surface area (Å²) < 4.78 is 63.0. The molecule has 2 aromatic rings. The second-order valence-corrected chi connectivity index (χ2v) is 8.09. The first-order valence-electron chi connectivity index (χ1n) is 8.06. The number of amides is 2. The number of halogens is 3. The summed E-state index contributed by atoms with van der Waals surface area (Å²) in [6, 6.07) is 9.80. The van der Waals surface area contributed by atoms with Gasteiger partial charge in [-0.1, -0.05) is 0 Å². The Morgan fingerprint density at radius 1 is 1.03 bits per heavy atom. The summed E-state index contributed by atoms with van der Waals surface area (Å²) in [5, 5.41) is 2.45. The van der Waals surface area contributed by atoms with Crippen molar-refractivity contribution in [1.29, 1.82) is 0 Å². The van der Waals surface area contributed by atoms with Crippen LogP contribution in [0.15, 0.2) is 53.4 Å². The van der Waals surface area contributed by atoms with Gasteiger partial charge in [-0.3, -0.25) is 9.59 Å². The van der Waals surface area contributed by atoms with Crippen LogP contribution in [0.1, 0.15) is 10.4 Å². The molecule has 0 heterocycles. The highest BCUT2D eigenvalue weighted by atomic mass is 32.2. The lowest BCUT2D eigenvalue weighted by atomic mass is 10.2. The highest BCUT2D eigenvalue weighted by Gasteiger charge is 2.31. The number of nitrogens with one attached hydrogen (secondary N) is 1. The molecule has 0 atom stereocenters. The Morgan fingerprint density at radius 3 is 2.07 bits per heavy atom. The predicted molar refractivity (Wildman–Crippen MR) is 98.3 cm³/mol. The van der Waals surface area contributed by atoms with Crippen molar-refractivity contribution in [3.8, 4) is 5.75 Å². The minimum atomic E-state index is -4.81. The normalized spacial score (nSPS) is 11.6. The minimum absolute atomic E-state index is 0.0624. The summed E-state index contributed by atoms with van der Waals surface area (Å²) >= 11 is 0. The van der Waals surface area contributed by atoms with Crippen LogP contribution in [-0.2, 0) is 14.6 Å². The van der Waals surface area contributed by atoms with Crippen molar-refractivity contribution in [2.75, 3.05) is 25.2 Å². The van der Waals surface area contributed by atoms with E-state index in [0.717, 1.165) is 23.3 Å². The molecular weight excluding hydrogens is 413 g/mol. The van der Waals surface area contributed by atoms with Crippen molar-refractivity contribution < 1.29 is 35.9 Å². The van der Waals surface area contributed by atoms with Gasteiger partial charge in [-0.15, -0.1) is 13.2 Å². The number of ether oxygens (including phenoxy) is 1. The molecule has 2 rings (SSSR count). The van der Waals surface area contributed by atoms with E-state index < -0.39 is 33.8 Å². The number of likely N-dealkylation sites (N-methyl/N-ethyl adjacent to an activating group) is 1. The SMILES string of the molecule is CN(CC(=O)Nc1ccc(OC(F)(F)F)cc1)C(=O)c1ccc(S(C)(=O)=O)cc1. The molecule has 1 N–H and O–H groups in total. The zero-order valence-electron chi connectivity index (χ0n) is 15.4. The zero-order valence-corrected chi connectivity index (χ0v) is 16.2. The zero-order chi connectivity index (χ0) is 21.8. The van der Waals surface area contributed by atoms with Gasteiger partial charge >= 0.3 is 6.36 Å². The van der Waals surface area contributed by atoms with Crippen LogP contribution in [0, 0.1) is 0 Å². The first kappa shape index (κ1) is 22.2. The smallest absolute Gasteiger partial charge is 0.406 e. The summed E-state index contributed by atoms with van der Waals surface area (Å²) in [6.45, 7) is -0.326. The number of carbonyl (C=O) groups is 2. The van der Waals surface area contributed by atoms with E-state index in [9.17, 15) is 31.2 Å². The highest BCUT2D eigenvalue weighted by Crippen LogP contribution is 2.24. The molecule has 0 unspecified atom stereocenters. The van der Waals surface area contributed by atoms with E-state index in [1.165, 1.54) is 43.4 Å². The number of hydrogen-bond acceptors (Lipinski definition) is 5. The molecule has 0 spiro atoms. The second kappa shape index (κ2) is 8.52. The maximum Gasteiger partial charge on any atom is 0.573 e. The van der Waals surface area contributed by atoms with Crippen molar-refractivity contribution >= 4 is 27.3 Å². The first-order chi connectivity index (χ1) is 13.3. The lowest BCUT2D eigenvalue weighted by Gasteiger charge is -2.17. The molecule has 0 bridgehead atoms. The van der Waals surface area contributed by atoms with Gasteiger partial charge in [0.25, 0.3) is 5.91 Å². The fourth-order valence-electron chi connectivity index (χ4n) is 2.29. The summed E-state index contributed by atoms with van der Waals surface area (Å²) in [5.41, 5.74) is 0.421. The standard InChI is InChI=1S/C18H17F3N2O5S/c1-23(17(25)12-3-9-15(10-4-12)29(2,26)27)11-16(24)22-13-5-7-14(8-6-13)28-18(19,20)21/h3-10H,11H2,1-2H3,(H,22,24). The van der Waals surface area contributed by atoms with Gasteiger partial charge in [0.05, 0.1) is 11.4 Å². The third-order valence-electron chi connectivity index (χ3n) is 3.63. The Kier molecular flexibility index (Phi) is 6.52. The van der Waals surface area contributed by atoms with Crippen LogP contribution in [0.4, 0.5) is 18.9 Å². The summed E-state index contributed by atoms with van der Waals surface area (Å²) in [7, 11) is -2.01. The van der Waals surface area contributed by atoms with Crippen LogP contribution >= 0.6 is 0 Å². The predicted octanol–water partition coefficient (Wildman–Crippen LogP) is 2.70. The van der Waals surface area contributed by atoms with Crippen molar-refractivity contribution in [2.45, 2.75) is 11.3 Å². The van der Waals surface area contributed by atoms with E-state index in [-0.39, 0.29) is 22.7 Å². The maximum absolute atomic E-state index is 12.3. The van der Waals surface area contributed by atoms with Crippen LogP contribution < -0.4 is 10.1 Å². The Bertz CT molecular complexity index is 988. The topological polar surface area (TPSA) is 92.8 Å². The Hall–Kier alpha value is -3.08. The average Bonchev–Trinajstić information content (AvgIpc) is 2.60. The monoisotopic (exact) mass is 430 g/mol. The van der Waals surface area contributed by atoms with Crippen molar-refractivity contribution in [2.24, 2.45) is 0 Å². The fourth-order valence-corrected chi connectivity index (χ4v) is 2.92. The van der Waals surface area contributed by atoms with Crippen LogP contribution in [-0.4, -0.2) is 51.3 Å². The van der Waals surface area contributed by atoms with Crippen LogP contribution in [0.25, 0.3) is 0 Å². The Labute approximate surface area is 165 Å². The van der Waals surface area contributed by atoms with Crippen LogP contribution in [0.2, 0.25) is 0 Å². The van der Waals surface area contributed by atoms with E-state index in [0.29, 0.717) is 0 Å². The molecule has 0 aliphatic heterocycles. The quantitative estimate of drug-likeness (QED) is 0.761. The Balaban J connectivity index is 1.95. The van der Waals surface area contributed by atoms with Crippen LogP contribution in [0.5, 0.6) is 5.75 Å². The number of anilines is 1. The van der Waals surface area contributed by atoms with E-state index in [4.69, 9.17) is 0 Å². The van der Waals surface area contributed by atoms with E-state index >= 15 is 0 Å². The molecule has 0 saturated heterocycles. The maximum atomic E-state index is 12.3. The molecule has 2 aromatic carbocycles. The van der Waals surface area contributed by atoms with Gasteiger partial charge in [0, 0.05) is 24.6 Å². The summed E-state index contributed by atoms with van der Waals surface area (Å²) in [6.07, 6.45) is -3.77. The molecule has 29 heavy (non-hydrogen) atoms. The number of hydrogen-bond donors (Lipinski definition) is 1. The third kappa shape index (κ3) is 6.79. The molecule has 2 amide bonds. The van der Waals surface area contributed by atoms with Crippen molar-refractivity contribution in [3.05, 3.63) is 54.1 Å². The van der Waals surface area contributed by atoms with Gasteiger partial charge in [-0.2, -0.15) is 0 Å². The van der Waals surface area contributed by atoms with Gasteiger partial charge in [0.2, 0.25) is 5.91 Å². The average molecular weight is 430 g/mol. The number of sulfone groups is 1. The highest BCUT2D eigenvalue weighted by molar-refractivity contribution is 7.90. The largest absolute Gasteiger partial charge is 0.573 e. The Morgan fingerprint density at radius 2 is 1.59 bits per heavy atom. The van der Waals surface area contributed by atoms with Gasteiger partial charge in [0.1, 0.15) is 5.75 Å². The minimum Gasteiger partial charge on any atom is -0.406 e. The van der Waals surface area contributed by atoms with Gasteiger partial charge in [-0.25, -0.2) is 8.42 Å². The van der Waals surface area contributed by atoms with Crippen LogP contribution in [0.3, 0.4) is 0 Å². The first-order valence-corrected chi connectivity index (χ1v) is 9.95. The number of nitrogens with zero attached hydrogens (tertiary/aromatic N) is 1. The fraction of sp³-hybridized carbons (Fsp3) is 0.222. The number of rotatable bonds is 6. The molecule has 0 aliphatic rings. The van der Waals surface area contributed by atoms with E-state index in [1.54, 1.807) is 0 Å². The molecule has 0 radical (unpaired) electrons. The molecule has 7 nitrogen and oxygen atoms in total. The molecular formula is C18H17F3N2O5S. The van der Waals surface area contributed by atoms with E-state index in [2.05, 4.69) is 10.1 Å². The number of carbonyl (C=O) groups excluding carboxylic acids is 2. The lowest BCUT2D eigenvalue weighted by Crippen LogP contribution is -2.34. The molecule has 156 valence electrons. The molecule has 0 saturated carbocycles. The van der Waals surface area contributed by atoms with Crippen molar-refractivity contribution in [1.82, 2.24) is 4.90 Å². The summed E-state index contributed by atoms with van der Waals surface area (Å²) in [4.78, 5) is 25.6. The van der Waals surface area contributed by atoms with Crippen molar-refractivity contribution in [3.63, 3.8) is 0 Å². The molecule has 0 aromatic heterocycles. The summed E-state index contributed by atoms with van der Waals surface area (Å²) in [5.74, 6) is -1.51. The molecule has 11 heteroatoms. The van der Waals surface area contributed by atoms with Gasteiger partial charge < -0.3 is 15.0 Å². The van der Waals surface area contributed by atoms with E-state index in [1.807, 2.05) is 0 Å². The number of benzene rings is 2.